The number of benzene rings is 1. The van der Waals surface area contributed by atoms with Gasteiger partial charge in [-0.15, -0.1) is 0 Å². The summed E-state index contributed by atoms with van der Waals surface area (Å²) in [6.45, 7) is 2.05. The minimum absolute atomic E-state index is 0.0379. The van der Waals surface area contributed by atoms with Gasteiger partial charge in [-0.25, -0.2) is 4.39 Å². The summed E-state index contributed by atoms with van der Waals surface area (Å²) in [5.74, 6) is -0.187. The van der Waals surface area contributed by atoms with E-state index in [1.807, 2.05) is 11.9 Å². The summed E-state index contributed by atoms with van der Waals surface area (Å²) in [4.78, 5) is 20.7. The Morgan fingerprint density at radius 1 is 1.26 bits per heavy atom. The zero-order valence-electron chi connectivity index (χ0n) is 15.5. The van der Waals surface area contributed by atoms with Crippen LogP contribution in [0.2, 0.25) is 0 Å². The minimum atomic E-state index is -0.225. The third-order valence-electron chi connectivity index (χ3n) is 5.84. The van der Waals surface area contributed by atoms with Gasteiger partial charge in [-0.3, -0.25) is 9.78 Å². The second-order valence-corrected chi connectivity index (χ2v) is 7.47. The molecule has 2 aliphatic heterocycles. The first-order chi connectivity index (χ1) is 13.1. The molecule has 3 heterocycles. The highest BCUT2D eigenvalue weighted by Gasteiger charge is 2.44. The van der Waals surface area contributed by atoms with Crippen LogP contribution in [0.5, 0.6) is 0 Å². The zero-order chi connectivity index (χ0) is 18.9. The second-order valence-electron chi connectivity index (χ2n) is 7.47. The SMILES string of the molecule is CN(c1ccc(F)cc1)[C@H]1COC2(CCN(C(=O)c3cccnc3)CC2)C1. The van der Waals surface area contributed by atoms with Gasteiger partial charge in [0.05, 0.1) is 23.8 Å². The number of carbonyl (C=O) groups excluding carboxylic acids is 1. The molecule has 2 fully saturated rings. The van der Waals surface area contributed by atoms with Gasteiger partial charge in [-0.1, -0.05) is 0 Å². The van der Waals surface area contributed by atoms with E-state index in [1.165, 1.54) is 12.1 Å². The molecule has 0 aliphatic carbocycles. The van der Waals surface area contributed by atoms with Crippen molar-refractivity contribution in [1.29, 1.82) is 0 Å². The predicted molar refractivity (Wildman–Crippen MR) is 101 cm³/mol. The fraction of sp³-hybridized carbons (Fsp3) is 0.429. The monoisotopic (exact) mass is 369 g/mol. The molecule has 142 valence electrons. The number of nitrogens with zero attached hydrogens (tertiary/aromatic N) is 3. The Labute approximate surface area is 158 Å². The van der Waals surface area contributed by atoms with E-state index in [2.05, 4.69) is 9.88 Å². The zero-order valence-corrected chi connectivity index (χ0v) is 15.5. The molecule has 2 saturated heterocycles. The van der Waals surface area contributed by atoms with Gasteiger partial charge in [0.2, 0.25) is 0 Å². The quantitative estimate of drug-likeness (QED) is 0.834. The molecule has 2 aromatic rings. The molecule has 5 nitrogen and oxygen atoms in total. The van der Waals surface area contributed by atoms with Crippen molar-refractivity contribution in [2.24, 2.45) is 0 Å². The van der Waals surface area contributed by atoms with Crippen LogP contribution in [0.4, 0.5) is 10.1 Å². The summed E-state index contributed by atoms with van der Waals surface area (Å²) in [5, 5.41) is 0. The van der Waals surface area contributed by atoms with Crippen molar-refractivity contribution in [2.45, 2.75) is 30.9 Å². The van der Waals surface area contributed by atoms with Crippen molar-refractivity contribution >= 4 is 11.6 Å². The molecule has 1 aromatic carbocycles. The average molecular weight is 369 g/mol. The summed E-state index contributed by atoms with van der Waals surface area (Å²) < 4.78 is 19.4. The van der Waals surface area contributed by atoms with Gasteiger partial charge in [0, 0.05) is 38.2 Å². The lowest BCUT2D eigenvalue weighted by Gasteiger charge is -2.39. The van der Waals surface area contributed by atoms with E-state index in [4.69, 9.17) is 4.74 Å². The number of hydrogen-bond donors (Lipinski definition) is 0. The van der Waals surface area contributed by atoms with Crippen LogP contribution >= 0.6 is 0 Å². The van der Waals surface area contributed by atoms with Crippen LogP contribution in [-0.2, 0) is 4.74 Å². The topological polar surface area (TPSA) is 45.7 Å². The number of piperidine rings is 1. The molecule has 2 aliphatic rings. The van der Waals surface area contributed by atoms with Gasteiger partial charge < -0.3 is 14.5 Å². The van der Waals surface area contributed by atoms with E-state index >= 15 is 0 Å². The van der Waals surface area contributed by atoms with Crippen LogP contribution in [0.1, 0.15) is 29.6 Å². The lowest BCUT2D eigenvalue weighted by Crippen LogP contribution is -2.47. The first-order valence-electron chi connectivity index (χ1n) is 9.38. The maximum Gasteiger partial charge on any atom is 0.255 e. The molecule has 0 radical (unpaired) electrons. The van der Waals surface area contributed by atoms with Crippen LogP contribution in [0.15, 0.2) is 48.8 Å². The van der Waals surface area contributed by atoms with E-state index in [0.717, 1.165) is 24.9 Å². The predicted octanol–water partition coefficient (Wildman–Crippen LogP) is 3.12. The van der Waals surface area contributed by atoms with Crippen LogP contribution < -0.4 is 4.90 Å². The Morgan fingerprint density at radius 3 is 2.67 bits per heavy atom. The number of amides is 1. The third-order valence-corrected chi connectivity index (χ3v) is 5.84. The van der Waals surface area contributed by atoms with Crippen molar-refractivity contribution in [2.75, 3.05) is 31.6 Å². The number of likely N-dealkylation sites (tertiary alicyclic amines) is 1. The molecule has 4 rings (SSSR count). The van der Waals surface area contributed by atoms with Gasteiger partial charge in [-0.2, -0.15) is 0 Å². The first-order valence-corrected chi connectivity index (χ1v) is 9.38. The Kier molecular flexibility index (Phi) is 4.83. The van der Waals surface area contributed by atoms with E-state index < -0.39 is 0 Å². The highest BCUT2D eigenvalue weighted by molar-refractivity contribution is 5.93. The molecule has 0 unspecified atom stereocenters. The number of aromatic nitrogens is 1. The van der Waals surface area contributed by atoms with Crippen molar-refractivity contribution in [3.63, 3.8) is 0 Å². The van der Waals surface area contributed by atoms with Gasteiger partial charge in [0.15, 0.2) is 0 Å². The summed E-state index contributed by atoms with van der Waals surface area (Å²) in [6.07, 6.45) is 5.90. The summed E-state index contributed by atoms with van der Waals surface area (Å²) in [7, 11) is 2.03. The fourth-order valence-electron chi connectivity index (χ4n) is 4.09. The molecule has 1 aromatic heterocycles. The first kappa shape index (κ1) is 17.9. The number of carbonyl (C=O) groups is 1. The van der Waals surface area contributed by atoms with Crippen molar-refractivity contribution in [3.8, 4) is 0 Å². The van der Waals surface area contributed by atoms with Crippen molar-refractivity contribution in [1.82, 2.24) is 9.88 Å². The van der Waals surface area contributed by atoms with Crippen LogP contribution in [0.3, 0.4) is 0 Å². The van der Waals surface area contributed by atoms with Gasteiger partial charge in [-0.05, 0) is 55.7 Å². The summed E-state index contributed by atoms with van der Waals surface area (Å²) in [6, 6.07) is 10.4. The highest BCUT2D eigenvalue weighted by atomic mass is 19.1. The Hall–Kier alpha value is -2.47. The molecule has 0 N–H and O–H groups in total. The average Bonchev–Trinajstić information content (AvgIpc) is 3.12. The smallest absolute Gasteiger partial charge is 0.255 e. The van der Waals surface area contributed by atoms with Crippen molar-refractivity contribution in [3.05, 3.63) is 60.2 Å². The van der Waals surface area contributed by atoms with E-state index in [0.29, 0.717) is 25.3 Å². The van der Waals surface area contributed by atoms with Crippen LogP contribution in [0.25, 0.3) is 0 Å². The van der Waals surface area contributed by atoms with Crippen LogP contribution in [0, 0.1) is 5.82 Å². The van der Waals surface area contributed by atoms with E-state index in [1.54, 1.807) is 36.7 Å². The molecule has 1 amide bonds. The molecular formula is C21H24FN3O2. The molecule has 6 heteroatoms. The Bertz CT molecular complexity index is 789. The third kappa shape index (κ3) is 3.67. The standard InChI is InChI=1S/C21H24FN3O2/c1-24(18-6-4-17(22)5-7-18)19-13-21(27-15-19)8-11-25(12-9-21)20(26)16-3-2-10-23-14-16/h2-7,10,14,19H,8-9,11-13,15H2,1H3/t19-/m1/s1. The molecular weight excluding hydrogens is 345 g/mol. The van der Waals surface area contributed by atoms with Gasteiger partial charge in [0.1, 0.15) is 5.82 Å². The van der Waals surface area contributed by atoms with Gasteiger partial charge in [0.25, 0.3) is 5.91 Å². The second kappa shape index (κ2) is 7.27. The maximum absolute atomic E-state index is 13.2. The van der Waals surface area contributed by atoms with E-state index in [-0.39, 0.29) is 23.4 Å². The van der Waals surface area contributed by atoms with Gasteiger partial charge >= 0.3 is 0 Å². The lowest BCUT2D eigenvalue weighted by molar-refractivity contribution is -0.0388. The summed E-state index contributed by atoms with van der Waals surface area (Å²) >= 11 is 0. The number of ether oxygens (including phenoxy) is 1. The fourth-order valence-corrected chi connectivity index (χ4v) is 4.09. The largest absolute Gasteiger partial charge is 0.373 e. The van der Waals surface area contributed by atoms with E-state index in [9.17, 15) is 9.18 Å². The molecule has 0 bridgehead atoms. The molecule has 1 atom stereocenters. The van der Waals surface area contributed by atoms with Crippen LogP contribution in [-0.4, -0.2) is 54.2 Å². The number of rotatable bonds is 3. The summed E-state index contributed by atoms with van der Waals surface area (Å²) in [5.41, 5.74) is 1.46. The molecule has 0 saturated carbocycles. The maximum atomic E-state index is 13.2. The van der Waals surface area contributed by atoms with Crippen molar-refractivity contribution < 1.29 is 13.9 Å². The lowest BCUT2D eigenvalue weighted by atomic mass is 9.87. The molecule has 1 spiro atoms. The molecule has 27 heavy (non-hydrogen) atoms. The Balaban J connectivity index is 1.36. The number of hydrogen-bond acceptors (Lipinski definition) is 4. The highest BCUT2D eigenvalue weighted by Crippen LogP contribution is 2.38. The number of anilines is 1. The normalized spacial score (nSPS) is 21.4. The number of halogens is 1. The number of pyridine rings is 1. The number of likely N-dealkylation sites (N-methyl/N-ethyl adjacent to an activating group) is 1. The minimum Gasteiger partial charge on any atom is -0.373 e. The Morgan fingerprint density at radius 2 is 2.00 bits per heavy atom.